The number of fused-ring (bicyclic) bond motifs is 1. The van der Waals surface area contributed by atoms with Crippen LogP contribution in [0.1, 0.15) is 17.7 Å². The topological polar surface area (TPSA) is 13.1 Å². The van der Waals surface area contributed by atoms with Crippen molar-refractivity contribution < 1.29 is 8.81 Å². The van der Waals surface area contributed by atoms with E-state index >= 15 is 0 Å². The molecule has 1 aliphatic rings. The maximum Gasteiger partial charge on any atom is 0.123 e. The van der Waals surface area contributed by atoms with E-state index in [1.54, 1.807) is 0 Å². The minimum Gasteiger partial charge on any atom is -0.468 e. The number of rotatable bonds is 1. The molecule has 3 rings (SSSR count). The normalized spacial score (nSPS) is 19.1. The summed E-state index contributed by atoms with van der Waals surface area (Å²) in [5.41, 5.74) is 3.48. The molecule has 0 saturated heterocycles. The Morgan fingerprint density at radius 2 is 2.00 bits per heavy atom. The fraction of sp³-hybridized carbons (Fsp3) is 0.286. The molecule has 0 amide bonds. The molecule has 17 heavy (non-hydrogen) atoms. The van der Waals surface area contributed by atoms with E-state index < -0.39 is 0 Å². The molecule has 3 heteroatoms. The highest BCUT2D eigenvalue weighted by atomic mass is 127. The van der Waals surface area contributed by atoms with Crippen LogP contribution in [0.25, 0.3) is 11.1 Å². The van der Waals surface area contributed by atoms with Gasteiger partial charge in [-0.1, -0.05) is 34.7 Å². The lowest BCUT2D eigenvalue weighted by Crippen LogP contribution is -2.12. The first-order chi connectivity index (χ1) is 8.24. The Hall–Kier alpha value is -0.840. The summed E-state index contributed by atoms with van der Waals surface area (Å²) in [4.78, 5) is 0. The van der Waals surface area contributed by atoms with Crippen LogP contribution < -0.4 is 0 Å². The van der Waals surface area contributed by atoms with Crippen molar-refractivity contribution in [3.8, 4) is 11.1 Å². The molecule has 0 saturated carbocycles. The van der Waals surface area contributed by atoms with E-state index in [2.05, 4.69) is 22.6 Å². The van der Waals surface area contributed by atoms with Crippen molar-refractivity contribution in [1.82, 2.24) is 0 Å². The van der Waals surface area contributed by atoms with Crippen molar-refractivity contribution in [2.75, 3.05) is 0 Å². The van der Waals surface area contributed by atoms with E-state index in [0.717, 1.165) is 29.7 Å². The predicted molar refractivity (Wildman–Crippen MR) is 73.9 cm³/mol. The van der Waals surface area contributed by atoms with Gasteiger partial charge in [-0.3, -0.25) is 0 Å². The molecule has 0 radical (unpaired) electrons. The second kappa shape index (κ2) is 4.44. The quantitative estimate of drug-likeness (QED) is 0.554. The molecule has 88 valence electrons. The number of benzene rings is 1. The summed E-state index contributed by atoms with van der Waals surface area (Å²) in [5.74, 6) is 0.912. The highest BCUT2D eigenvalue weighted by Crippen LogP contribution is 2.35. The summed E-state index contributed by atoms with van der Waals surface area (Å²) in [6.45, 7) is 0. The SMILES string of the molecule is Fc1ccc(-c2coc3c2CC(I)CC3)cc1. The molecule has 0 bridgehead atoms. The Balaban J connectivity index is 2.04. The Labute approximate surface area is 113 Å². The summed E-state index contributed by atoms with van der Waals surface area (Å²) in [6, 6.07) is 6.63. The van der Waals surface area contributed by atoms with Gasteiger partial charge in [0.25, 0.3) is 0 Å². The molecule has 1 atom stereocenters. The van der Waals surface area contributed by atoms with Crippen LogP contribution in [-0.4, -0.2) is 3.92 Å². The fourth-order valence-electron chi connectivity index (χ4n) is 2.34. The monoisotopic (exact) mass is 342 g/mol. The van der Waals surface area contributed by atoms with Crippen LogP contribution in [0.4, 0.5) is 4.39 Å². The first kappa shape index (κ1) is 11.3. The number of halogens is 2. The van der Waals surface area contributed by atoms with Crippen LogP contribution in [0.3, 0.4) is 0 Å². The molecule has 1 aliphatic carbocycles. The zero-order valence-corrected chi connectivity index (χ0v) is 11.4. The van der Waals surface area contributed by atoms with Gasteiger partial charge in [0.15, 0.2) is 0 Å². The highest BCUT2D eigenvalue weighted by Gasteiger charge is 2.23. The molecule has 1 aromatic heterocycles. The average molecular weight is 342 g/mol. The molecule has 0 spiro atoms. The van der Waals surface area contributed by atoms with Crippen LogP contribution in [0.5, 0.6) is 0 Å². The van der Waals surface area contributed by atoms with Gasteiger partial charge in [-0.25, -0.2) is 4.39 Å². The largest absolute Gasteiger partial charge is 0.468 e. The van der Waals surface area contributed by atoms with Gasteiger partial charge in [-0.2, -0.15) is 0 Å². The van der Waals surface area contributed by atoms with Crippen LogP contribution >= 0.6 is 22.6 Å². The van der Waals surface area contributed by atoms with Gasteiger partial charge in [-0.05, 0) is 30.5 Å². The van der Waals surface area contributed by atoms with E-state index in [-0.39, 0.29) is 5.82 Å². The molecule has 1 unspecified atom stereocenters. The number of alkyl halides is 1. The maximum atomic E-state index is 12.9. The van der Waals surface area contributed by atoms with E-state index in [9.17, 15) is 4.39 Å². The Kier molecular flexibility index (Phi) is 2.94. The van der Waals surface area contributed by atoms with Crippen LogP contribution in [0.2, 0.25) is 0 Å². The predicted octanol–water partition coefficient (Wildman–Crippen LogP) is 4.38. The standard InChI is InChI=1S/C14H12FIO/c15-10-3-1-9(2-4-10)13-8-17-14-6-5-11(16)7-12(13)14/h1-4,8,11H,5-7H2. The Morgan fingerprint density at radius 3 is 2.76 bits per heavy atom. The lowest BCUT2D eigenvalue weighted by molar-refractivity contribution is 0.484. The highest BCUT2D eigenvalue weighted by molar-refractivity contribution is 14.1. The van der Waals surface area contributed by atoms with Crippen molar-refractivity contribution in [2.45, 2.75) is 23.2 Å². The van der Waals surface area contributed by atoms with E-state index in [1.165, 1.54) is 24.1 Å². The molecule has 1 nitrogen and oxygen atoms in total. The van der Waals surface area contributed by atoms with E-state index in [1.807, 2.05) is 18.4 Å². The third kappa shape index (κ3) is 2.12. The fourth-order valence-corrected chi connectivity index (χ4v) is 3.09. The van der Waals surface area contributed by atoms with Crippen molar-refractivity contribution in [3.05, 3.63) is 47.7 Å². The molecule has 0 fully saturated rings. The van der Waals surface area contributed by atoms with Gasteiger partial charge >= 0.3 is 0 Å². The van der Waals surface area contributed by atoms with Crippen LogP contribution in [0, 0.1) is 5.82 Å². The Bertz CT molecular complexity index is 530. The number of hydrogen-bond acceptors (Lipinski definition) is 1. The van der Waals surface area contributed by atoms with Crippen LogP contribution in [0.15, 0.2) is 34.9 Å². The third-order valence-electron chi connectivity index (χ3n) is 3.25. The summed E-state index contributed by atoms with van der Waals surface area (Å²) in [7, 11) is 0. The van der Waals surface area contributed by atoms with Crippen molar-refractivity contribution in [3.63, 3.8) is 0 Å². The van der Waals surface area contributed by atoms with Crippen LogP contribution in [-0.2, 0) is 12.8 Å². The maximum absolute atomic E-state index is 12.9. The van der Waals surface area contributed by atoms with Gasteiger partial charge in [0.2, 0.25) is 0 Å². The zero-order valence-electron chi connectivity index (χ0n) is 9.25. The second-order valence-corrected chi connectivity index (χ2v) is 6.16. The summed E-state index contributed by atoms with van der Waals surface area (Å²) >= 11 is 2.49. The Morgan fingerprint density at radius 1 is 1.24 bits per heavy atom. The van der Waals surface area contributed by atoms with Crippen molar-refractivity contribution >= 4 is 22.6 Å². The minimum absolute atomic E-state index is 0.196. The van der Waals surface area contributed by atoms with Gasteiger partial charge in [0.05, 0.1) is 6.26 Å². The summed E-state index contributed by atoms with van der Waals surface area (Å²) in [6.07, 6.45) is 5.07. The first-order valence-electron chi connectivity index (χ1n) is 5.73. The molecule has 0 aliphatic heterocycles. The van der Waals surface area contributed by atoms with Gasteiger partial charge in [0, 0.05) is 21.5 Å². The summed E-state index contributed by atoms with van der Waals surface area (Å²) in [5, 5.41) is 0. The van der Waals surface area contributed by atoms with Gasteiger partial charge in [0.1, 0.15) is 11.6 Å². The molecule has 1 aromatic carbocycles. The summed E-state index contributed by atoms with van der Waals surface area (Å²) < 4.78 is 19.2. The van der Waals surface area contributed by atoms with E-state index in [0.29, 0.717) is 3.92 Å². The third-order valence-corrected chi connectivity index (χ3v) is 4.31. The molecule has 2 aromatic rings. The second-order valence-electron chi connectivity index (χ2n) is 4.40. The molecular formula is C14H12FIO. The number of aryl methyl sites for hydroxylation is 1. The van der Waals surface area contributed by atoms with Crippen molar-refractivity contribution in [2.24, 2.45) is 0 Å². The zero-order chi connectivity index (χ0) is 11.8. The number of hydrogen-bond donors (Lipinski definition) is 0. The average Bonchev–Trinajstić information content (AvgIpc) is 2.73. The molecular weight excluding hydrogens is 330 g/mol. The minimum atomic E-state index is -0.196. The lowest BCUT2D eigenvalue weighted by atomic mass is 9.92. The van der Waals surface area contributed by atoms with E-state index in [4.69, 9.17) is 4.42 Å². The molecule has 0 N–H and O–H groups in total. The van der Waals surface area contributed by atoms with Crippen molar-refractivity contribution in [1.29, 1.82) is 0 Å². The number of furan rings is 1. The van der Waals surface area contributed by atoms with Gasteiger partial charge < -0.3 is 4.42 Å². The van der Waals surface area contributed by atoms with Gasteiger partial charge in [-0.15, -0.1) is 0 Å². The smallest absolute Gasteiger partial charge is 0.123 e. The first-order valence-corrected chi connectivity index (χ1v) is 6.98. The molecule has 1 heterocycles. The lowest BCUT2D eigenvalue weighted by Gasteiger charge is -2.16.